The van der Waals surface area contributed by atoms with Crippen LogP contribution in [-0.4, -0.2) is 64.0 Å². The number of benzene rings is 1. The number of amides is 1. The van der Waals surface area contributed by atoms with Crippen LogP contribution >= 0.6 is 0 Å². The SMILES string of the molecule is Cc1cc(F)c(C(=O)NC2CC2)cc1-c1cnn(-c2cncc(N[C@@H]3CCN(C)C[C@@H]3F)c2)c1. The van der Waals surface area contributed by atoms with Crippen molar-refractivity contribution in [3.63, 3.8) is 0 Å². The third kappa shape index (κ3) is 4.79. The number of rotatable bonds is 6. The molecule has 2 aromatic heterocycles. The molecule has 1 amide bonds. The van der Waals surface area contributed by atoms with Gasteiger partial charge in [-0.2, -0.15) is 5.10 Å². The van der Waals surface area contributed by atoms with Crippen LogP contribution in [0.5, 0.6) is 0 Å². The molecule has 1 aliphatic heterocycles. The zero-order valence-electron chi connectivity index (χ0n) is 19.3. The number of carbonyl (C=O) groups excluding carboxylic acids is 1. The fourth-order valence-electron chi connectivity index (χ4n) is 4.32. The highest BCUT2D eigenvalue weighted by Crippen LogP contribution is 2.28. The maximum Gasteiger partial charge on any atom is 0.254 e. The Bertz CT molecular complexity index is 1210. The van der Waals surface area contributed by atoms with E-state index in [1.54, 1.807) is 36.3 Å². The number of piperidine rings is 1. The lowest BCUT2D eigenvalue weighted by Crippen LogP contribution is -2.46. The van der Waals surface area contributed by atoms with E-state index < -0.39 is 17.9 Å². The summed E-state index contributed by atoms with van der Waals surface area (Å²) in [5.74, 6) is -0.925. The Morgan fingerprint density at radius 2 is 1.97 bits per heavy atom. The lowest BCUT2D eigenvalue weighted by atomic mass is 9.99. The van der Waals surface area contributed by atoms with Gasteiger partial charge in [-0.1, -0.05) is 0 Å². The standard InChI is InChI=1S/C25H28F2N6O/c1-15-7-22(26)21(25(34)31-17-3-4-17)9-20(15)16-10-29-33(13-16)19-8-18(11-28-12-19)30-24-5-6-32(2)14-23(24)27/h7-13,17,23-24,30H,3-6,14H2,1-2H3,(H,31,34)/t23-,24+/m0/s1. The summed E-state index contributed by atoms with van der Waals surface area (Å²) < 4.78 is 30.6. The minimum Gasteiger partial charge on any atom is -0.378 e. The number of alkyl halides is 1. The van der Waals surface area contributed by atoms with Crippen molar-refractivity contribution < 1.29 is 13.6 Å². The monoisotopic (exact) mass is 466 g/mol. The van der Waals surface area contributed by atoms with Crippen LogP contribution in [-0.2, 0) is 0 Å². The van der Waals surface area contributed by atoms with E-state index >= 15 is 0 Å². The Hall–Kier alpha value is -3.33. The second-order valence-corrected chi connectivity index (χ2v) is 9.32. The van der Waals surface area contributed by atoms with Crippen molar-refractivity contribution in [2.24, 2.45) is 0 Å². The number of halogens is 2. The molecule has 2 N–H and O–H groups in total. The Morgan fingerprint density at radius 1 is 1.15 bits per heavy atom. The molecule has 9 heteroatoms. The molecule has 0 unspecified atom stereocenters. The van der Waals surface area contributed by atoms with Gasteiger partial charge < -0.3 is 15.5 Å². The minimum atomic E-state index is -0.952. The van der Waals surface area contributed by atoms with Gasteiger partial charge in [0.2, 0.25) is 0 Å². The maximum absolute atomic E-state index is 14.5. The third-order valence-electron chi connectivity index (χ3n) is 6.45. The summed E-state index contributed by atoms with van der Waals surface area (Å²) in [7, 11) is 1.92. The summed E-state index contributed by atoms with van der Waals surface area (Å²) in [6, 6.07) is 4.73. The fourth-order valence-corrected chi connectivity index (χ4v) is 4.32. The molecule has 2 aliphatic rings. The van der Waals surface area contributed by atoms with E-state index in [-0.39, 0.29) is 17.6 Å². The molecule has 1 aromatic carbocycles. The van der Waals surface area contributed by atoms with Crippen molar-refractivity contribution in [2.75, 3.05) is 25.5 Å². The Labute approximate surface area is 197 Å². The van der Waals surface area contributed by atoms with Gasteiger partial charge in [-0.05, 0) is 62.6 Å². The lowest BCUT2D eigenvalue weighted by molar-refractivity contribution is 0.0947. The van der Waals surface area contributed by atoms with E-state index in [4.69, 9.17) is 0 Å². The first kappa shape index (κ1) is 22.5. The number of carbonyl (C=O) groups is 1. The van der Waals surface area contributed by atoms with E-state index in [0.717, 1.165) is 36.2 Å². The van der Waals surface area contributed by atoms with Gasteiger partial charge >= 0.3 is 0 Å². The average molecular weight is 467 g/mol. The second kappa shape index (κ2) is 9.13. The van der Waals surface area contributed by atoms with E-state index in [1.807, 2.05) is 24.2 Å². The van der Waals surface area contributed by atoms with Crippen LogP contribution in [0.1, 0.15) is 35.2 Å². The van der Waals surface area contributed by atoms with E-state index in [2.05, 4.69) is 20.7 Å². The van der Waals surface area contributed by atoms with E-state index in [0.29, 0.717) is 24.2 Å². The largest absolute Gasteiger partial charge is 0.378 e. The number of likely N-dealkylation sites (tertiary alicyclic amines) is 1. The zero-order valence-corrected chi connectivity index (χ0v) is 19.3. The van der Waals surface area contributed by atoms with Gasteiger partial charge in [0.05, 0.1) is 41.6 Å². The Balaban J connectivity index is 1.37. The number of pyridine rings is 1. The molecule has 1 saturated heterocycles. The molecule has 3 heterocycles. The van der Waals surface area contributed by atoms with Crippen molar-refractivity contribution in [1.82, 2.24) is 25.0 Å². The molecule has 34 heavy (non-hydrogen) atoms. The molecule has 2 atom stereocenters. The van der Waals surface area contributed by atoms with Crippen LogP contribution in [0.25, 0.3) is 16.8 Å². The van der Waals surface area contributed by atoms with Gasteiger partial charge in [-0.15, -0.1) is 0 Å². The predicted molar refractivity (Wildman–Crippen MR) is 126 cm³/mol. The van der Waals surface area contributed by atoms with Crippen molar-refractivity contribution in [1.29, 1.82) is 0 Å². The van der Waals surface area contributed by atoms with Gasteiger partial charge in [0.25, 0.3) is 5.91 Å². The molecule has 0 spiro atoms. The molecule has 0 radical (unpaired) electrons. The molecule has 5 rings (SSSR count). The smallest absolute Gasteiger partial charge is 0.254 e. The highest BCUT2D eigenvalue weighted by molar-refractivity contribution is 5.96. The van der Waals surface area contributed by atoms with Gasteiger partial charge in [0.15, 0.2) is 0 Å². The first-order valence-corrected chi connectivity index (χ1v) is 11.6. The summed E-state index contributed by atoms with van der Waals surface area (Å²) in [5.41, 5.74) is 3.68. The third-order valence-corrected chi connectivity index (χ3v) is 6.45. The molecular formula is C25H28F2N6O. The van der Waals surface area contributed by atoms with Gasteiger partial charge in [-0.3, -0.25) is 9.78 Å². The predicted octanol–water partition coefficient (Wildman–Crippen LogP) is 3.73. The molecule has 1 aliphatic carbocycles. The van der Waals surface area contributed by atoms with Gasteiger partial charge in [0.1, 0.15) is 12.0 Å². The quantitative estimate of drug-likeness (QED) is 0.579. The van der Waals surface area contributed by atoms with Crippen LogP contribution in [0.4, 0.5) is 14.5 Å². The normalized spacial score (nSPS) is 20.8. The van der Waals surface area contributed by atoms with Gasteiger partial charge in [0, 0.05) is 30.9 Å². The molecule has 178 valence electrons. The van der Waals surface area contributed by atoms with Crippen molar-refractivity contribution >= 4 is 11.6 Å². The second-order valence-electron chi connectivity index (χ2n) is 9.32. The number of hydrogen-bond acceptors (Lipinski definition) is 5. The summed E-state index contributed by atoms with van der Waals surface area (Å²) >= 11 is 0. The van der Waals surface area contributed by atoms with Gasteiger partial charge in [-0.25, -0.2) is 13.5 Å². The summed E-state index contributed by atoms with van der Waals surface area (Å²) in [6.07, 6.45) is 8.48. The number of hydrogen-bond donors (Lipinski definition) is 2. The van der Waals surface area contributed by atoms with Crippen LogP contribution in [0.15, 0.2) is 43.0 Å². The maximum atomic E-state index is 14.5. The van der Waals surface area contributed by atoms with Crippen LogP contribution < -0.4 is 10.6 Å². The summed E-state index contributed by atoms with van der Waals surface area (Å²) in [5, 5.41) is 10.6. The number of aryl methyl sites for hydroxylation is 1. The molecule has 0 bridgehead atoms. The van der Waals surface area contributed by atoms with Crippen LogP contribution in [0, 0.1) is 12.7 Å². The van der Waals surface area contributed by atoms with Crippen LogP contribution in [0.2, 0.25) is 0 Å². The summed E-state index contributed by atoms with van der Waals surface area (Å²) in [6.45, 7) is 3.05. The Morgan fingerprint density at radius 3 is 2.74 bits per heavy atom. The highest BCUT2D eigenvalue weighted by atomic mass is 19.1. The number of anilines is 1. The van der Waals surface area contributed by atoms with Crippen LogP contribution in [0.3, 0.4) is 0 Å². The fraction of sp³-hybridized carbons (Fsp3) is 0.400. The van der Waals surface area contributed by atoms with Crippen molar-refractivity contribution in [3.8, 4) is 16.8 Å². The molecule has 1 saturated carbocycles. The lowest BCUT2D eigenvalue weighted by Gasteiger charge is -2.33. The average Bonchev–Trinajstić information content (AvgIpc) is 3.48. The van der Waals surface area contributed by atoms with Crippen molar-refractivity contribution in [3.05, 3.63) is 59.9 Å². The summed E-state index contributed by atoms with van der Waals surface area (Å²) in [4.78, 5) is 18.7. The zero-order chi connectivity index (χ0) is 23.8. The van der Waals surface area contributed by atoms with E-state index in [1.165, 1.54) is 6.07 Å². The molecule has 2 fully saturated rings. The molecular weight excluding hydrogens is 438 g/mol. The first-order chi connectivity index (χ1) is 16.4. The van der Waals surface area contributed by atoms with E-state index in [9.17, 15) is 13.6 Å². The topological polar surface area (TPSA) is 75.1 Å². The molecule has 3 aromatic rings. The number of nitrogens with zero attached hydrogens (tertiary/aromatic N) is 4. The minimum absolute atomic E-state index is 0.0343. The Kier molecular flexibility index (Phi) is 6.03. The molecule has 7 nitrogen and oxygen atoms in total. The highest BCUT2D eigenvalue weighted by Gasteiger charge is 2.28. The van der Waals surface area contributed by atoms with Crippen molar-refractivity contribution in [2.45, 2.75) is 44.4 Å². The number of aromatic nitrogens is 3. The first-order valence-electron chi connectivity index (χ1n) is 11.6. The number of nitrogens with one attached hydrogen (secondary N) is 2.